The third-order valence-electron chi connectivity index (χ3n) is 3.47. The van der Waals surface area contributed by atoms with E-state index in [1.807, 2.05) is 0 Å². The van der Waals surface area contributed by atoms with E-state index in [2.05, 4.69) is 0 Å². The third-order valence-corrected chi connectivity index (χ3v) is 3.47. The van der Waals surface area contributed by atoms with Crippen molar-refractivity contribution in [1.29, 1.82) is 0 Å². The average molecular weight is 292 g/mol. The van der Waals surface area contributed by atoms with Crippen molar-refractivity contribution in [3.63, 3.8) is 0 Å². The van der Waals surface area contributed by atoms with Gasteiger partial charge in [-0.25, -0.2) is 0 Å². The molecule has 0 aliphatic rings. The number of nitrogens with zero attached hydrogens (tertiary/aromatic N) is 1. The average Bonchev–Trinajstić information content (AvgIpc) is 2.44. The first-order chi connectivity index (χ1) is 9.81. The van der Waals surface area contributed by atoms with Gasteiger partial charge in [0.1, 0.15) is 0 Å². The number of carbonyl (C=O) groups excluding carboxylic acids is 2. The van der Waals surface area contributed by atoms with Crippen LogP contribution in [0.15, 0.2) is 30.3 Å². The summed E-state index contributed by atoms with van der Waals surface area (Å²) >= 11 is 0. The highest BCUT2D eigenvalue weighted by atomic mass is 16.4. The Morgan fingerprint density at radius 2 is 1.81 bits per heavy atom. The number of carboxylic acid groups (broad SMARTS) is 1. The second kappa shape index (κ2) is 6.88. The lowest BCUT2D eigenvalue weighted by atomic mass is 9.79. The Hall–Kier alpha value is -2.37. The van der Waals surface area contributed by atoms with E-state index in [0.717, 1.165) is 0 Å². The molecule has 21 heavy (non-hydrogen) atoms. The summed E-state index contributed by atoms with van der Waals surface area (Å²) in [5.41, 5.74) is 4.29. The highest BCUT2D eigenvalue weighted by Gasteiger charge is 2.38. The van der Waals surface area contributed by atoms with Crippen LogP contribution in [-0.4, -0.2) is 40.9 Å². The molecule has 6 heteroatoms. The number of aliphatic carboxylic acids is 1. The molecule has 0 radical (unpaired) electrons. The van der Waals surface area contributed by atoms with Crippen molar-refractivity contribution in [3.05, 3.63) is 35.9 Å². The Bertz CT molecular complexity index is 530. The van der Waals surface area contributed by atoms with Gasteiger partial charge < -0.3 is 15.7 Å². The van der Waals surface area contributed by atoms with Crippen LogP contribution in [0.4, 0.5) is 0 Å². The van der Waals surface area contributed by atoms with Crippen LogP contribution in [0.25, 0.3) is 0 Å². The second-order valence-corrected chi connectivity index (χ2v) is 5.05. The van der Waals surface area contributed by atoms with Crippen LogP contribution >= 0.6 is 0 Å². The maximum Gasteiger partial charge on any atom is 0.314 e. The van der Waals surface area contributed by atoms with Gasteiger partial charge in [0.2, 0.25) is 11.8 Å². The molecular weight excluding hydrogens is 272 g/mol. The van der Waals surface area contributed by atoms with Gasteiger partial charge in [0.05, 0.1) is 12.0 Å². The lowest BCUT2D eigenvalue weighted by molar-refractivity contribution is -0.147. The van der Waals surface area contributed by atoms with Gasteiger partial charge in [0, 0.05) is 13.0 Å². The third kappa shape index (κ3) is 4.05. The molecule has 114 valence electrons. The molecule has 1 atom stereocenters. The lowest BCUT2D eigenvalue weighted by Crippen LogP contribution is -2.43. The molecule has 0 saturated heterocycles. The largest absolute Gasteiger partial charge is 0.481 e. The van der Waals surface area contributed by atoms with Gasteiger partial charge in [-0.05, 0) is 19.4 Å². The number of carboxylic acids is 1. The zero-order chi connectivity index (χ0) is 16.0. The molecule has 1 aromatic carbocycles. The Balaban J connectivity index is 3.01. The molecule has 1 unspecified atom stereocenters. The molecule has 0 aliphatic heterocycles. The van der Waals surface area contributed by atoms with E-state index in [4.69, 9.17) is 5.73 Å². The smallest absolute Gasteiger partial charge is 0.314 e. The molecular formula is C15H20N2O4. The minimum Gasteiger partial charge on any atom is -0.481 e. The molecule has 0 saturated carbocycles. The summed E-state index contributed by atoms with van der Waals surface area (Å²) in [6.07, 6.45) is -0.229. The molecule has 0 aliphatic carbocycles. The fourth-order valence-electron chi connectivity index (χ4n) is 2.09. The van der Waals surface area contributed by atoms with Crippen molar-refractivity contribution in [2.75, 3.05) is 13.1 Å². The van der Waals surface area contributed by atoms with E-state index in [0.29, 0.717) is 12.1 Å². The molecule has 0 spiro atoms. The SMILES string of the molecule is CCN(CC(N)=O)C(=O)CC(C)(C(=O)O)c1ccccc1. The minimum atomic E-state index is -1.34. The van der Waals surface area contributed by atoms with Crippen LogP contribution in [0.2, 0.25) is 0 Å². The van der Waals surface area contributed by atoms with E-state index >= 15 is 0 Å². The first-order valence-corrected chi connectivity index (χ1v) is 6.66. The number of hydrogen-bond donors (Lipinski definition) is 2. The highest BCUT2D eigenvalue weighted by Crippen LogP contribution is 2.28. The van der Waals surface area contributed by atoms with E-state index in [1.165, 1.54) is 11.8 Å². The quantitative estimate of drug-likeness (QED) is 0.774. The number of nitrogens with two attached hydrogens (primary N) is 1. The van der Waals surface area contributed by atoms with Crippen molar-refractivity contribution in [2.45, 2.75) is 25.7 Å². The van der Waals surface area contributed by atoms with Gasteiger partial charge in [-0.1, -0.05) is 30.3 Å². The summed E-state index contributed by atoms with van der Waals surface area (Å²) in [5.74, 6) is -2.12. The van der Waals surface area contributed by atoms with E-state index in [9.17, 15) is 19.5 Å². The van der Waals surface area contributed by atoms with Gasteiger partial charge in [-0.15, -0.1) is 0 Å². The Morgan fingerprint density at radius 3 is 2.24 bits per heavy atom. The zero-order valence-electron chi connectivity index (χ0n) is 12.2. The summed E-state index contributed by atoms with van der Waals surface area (Å²) in [7, 11) is 0. The predicted octanol–water partition coefficient (Wildman–Crippen LogP) is 0.753. The molecule has 0 bridgehead atoms. The monoisotopic (exact) mass is 292 g/mol. The number of likely N-dealkylation sites (N-methyl/N-ethyl adjacent to an activating group) is 1. The van der Waals surface area contributed by atoms with Gasteiger partial charge in [0.25, 0.3) is 0 Å². The molecule has 1 rings (SSSR count). The Kier molecular flexibility index (Phi) is 5.46. The van der Waals surface area contributed by atoms with Gasteiger partial charge in [-0.2, -0.15) is 0 Å². The number of amides is 2. The molecule has 2 amide bonds. The van der Waals surface area contributed by atoms with Crippen LogP contribution in [0, 0.1) is 0 Å². The normalized spacial score (nSPS) is 13.2. The molecule has 1 aromatic rings. The van der Waals surface area contributed by atoms with Gasteiger partial charge >= 0.3 is 5.97 Å². The Labute approximate surface area is 123 Å². The predicted molar refractivity (Wildman–Crippen MR) is 77.5 cm³/mol. The van der Waals surface area contributed by atoms with Crippen molar-refractivity contribution >= 4 is 17.8 Å². The molecule has 0 heterocycles. The van der Waals surface area contributed by atoms with E-state index in [-0.39, 0.29) is 13.0 Å². The summed E-state index contributed by atoms with van der Waals surface area (Å²) in [4.78, 5) is 36.1. The maximum atomic E-state index is 12.3. The fraction of sp³-hybridized carbons (Fsp3) is 0.400. The number of benzene rings is 1. The summed E-state index contributed by atoms with van der Waals surface area (Å²) < 4.78 is 0. The van der Waals surface area contributed by atoms with Crippen LogP contribution < -0.4 is 5.73 Å². The van der Waals surface area contributed by atoms with Crippen LogP contribution in [-0.2, 0) is 19.8 Å². The van der Waals surface area contributed by atoms with Crippen LogP contribution in [0.3, 0.4) is 0 Å². The highest BCUT2D eigenvalue weighted by molar-refractivity contribution is 5.90. The minimum absolute atomic E-state index is 0.209. The molecule has 0 aromatic heterocycles. The zero-order valence-corrected chi connectivity index (χ0v) is 12.2. The van der Waals surface area contributed by atoms with Crippen molar-refractivity contribution in [3.8, 4) is 0 Å². The van der Waals surface area contributed by atoms with E-state index < -0.39 is 23.2 Å². The number of carbonyl (C=O) groups is 3. The first-order valence-electron chi connectivity index (χ1n) is 6.66. The van der Waals surface area contributed by atoms with Gasteiger partial charge in [-0.3, -0.25) is 14.4 Å². The maximum absolute atomic E-state index is 12.3. The molecule has 3 N–H and O–H groups in total. The van der Waals surface area contributed by atoms with Crippen molar-refractivity contribution < 1.29 is 19.5 Å². The standard InChI is InChI=1S/C15H20N2O4/c1-3-17(10-12(16)18)13(19)9-15(2,14(20)21)11-7-5-4-6-8-11/h4-8H,3,9-10H2,1-2H3,(H2,16,18)(H,20,21). The van der Waals surface area contributed by atoms with Gasteiger partial charge in [0.15, 0.2) is 0 Å². The number of rotatable bonds is 7. The summed E-state index contributed by atoms with van der Waals surface area (Å²) in [6, 6.07) is 8.57. The van der Waals surface area contributed by atoms with Crippen LogP contribution in [0.5, 0.6) is 0 Å². The molecule has 6 nitrogen and oxygen atoms in total. The first kappa shape index (κ1) is 16.7. The number of hydrogen-bond acceptors (Lipinski definition) is 3. The van der Waals surface area contributed by atoms with Crippen molar-refractivity contribution in [1.82, 2.24) is 4.90 Å². The number of primary amides is 1. The second-order valence-electron chi connectivity index (χ2n) is 5.05. The van der Waals surface area contributed by atoms with E-state index in [1.54, 1.807) is 37.3 Å². The summed E-state index contributed by atoms with van der Waals surface area (Å²) in [6.45, 7) is 3.30. The Morgan fingerprint density at radius 1 is 1.24 bits per heavy atom. The fourth-order valence-corrected chi connectivity index (χ4v) is 2.09. The topological polar surface area (TPSA) is 101 Å². The lowest BCUT2D eigenvalue weighted by Gasteiger charge is -2.28. The van der Waals surface area contributed by atoms with Crippen LogP contribution in [0.1, 0.15) is 25.8 Å². The summed E-state index contributed by atoms with van der Waals surface area (Å²) in [5, 5.41) is 9.51. The molecule has 0 fully saturated rings. The van der Waals surface area contributed by atoms with Crippen molar-refractivity contribution in [2.24, 2.45) is 5.73 Å².